The van der Waals surface area contributed by atoms with E-state index >= 15 is 0 Å². The van der Waals surface area contributed by atoms with Crippen molar-refractivity contribution in [2.45, 2.75) is 31.3 Å². The molecule has 5 rings (SSSR count). The Morgan fingerprint density at radius 2 is 1.49 bits per heavy atom. The maximum atomic E-state index is 6.10. The van der Waals surface area contributed by atoms with Crippen molar-refractivity contribution in [1.82, 2.24) is 14.7 Å². The van der Waals surface area contributed by atoms with Gasteiger partial charge in [0.2, 0.25) is 0 Å². The molecule has 6 heteroatoms. The summed E-state index contributed by atoms with van der Waals surface area (Å²) in [6.07, 6.45) is 4.25. The van der Waals surface area contributed by atoms with E-state index in [-0.39, 0.29) is 17.8 Å². The molecule has 0 radical (unpaired) electrons. The van der Waals surface area contributed by atoms with Crippen LogP contribution in [0.4, 0.5) is 0 Å². The van der Waals surface area contributed by atoms with Crippen molar-refractivity contribution in [3.05, 3.63) is 119 Å². The lowest BCUT2D eigenvalue weighted by atomic mass is 9.68. The first kappa shape index (κ1) is 25.3. The minimum absolute atomic E-state index is 0. The second-order valence-electron chi connectivity index (χ2n) is 9.05. The summed E-state index contributed by atoms with van der Waals surface area (Å²) in [5, 5.41) is 5.51. The Balaban J connectivity index is 0.00000289. The topological polar surface area (TPSA) is 30.3 Å². The van der Waals surface area contributed by atoms with E-state index in [1.807, 2.05) is 29.1 Å². The number of methoxy groups -OCH3 is 1. The van der Waals surface area contributed by atoms with E-state index < -0.39 is 0 Å². The zero-order valence-electron chi connectivity index (χ0n) is 19.9. The molecule has 1 saturated heterocycles. The van der Waals surface area contributed by atoms with Gasteiger partial charge in [-0.05, 0) is 55.3 Å². The van der Waals surface area contributed by atoms with Gasteiger partial charge in [-0.1, -0.05) is 78.3 Å². The average Bonchev–Trinajstić information content (AvgIpc) is 3.33. The number of rotatable bonds is 7. The zero-order valence-corrected chi connectivity index (χ0v) is 21.5. The first-order valence-electron chi connectivity index (χ1n) is 11.8. The Labute approximate surface area is 218 Å². The maximum Gasteiger partial charge on any atom is 0.125 e. The molecule has 1 aromatic heterocycles. The van der Waals surface area contributed by atoms with Crippen LogP contribution in [0.15, 0.2) is 91.1 Å². The molecule has 3 aromatic carbocycles. The lowest BCUT2D eigenvalue weighted by Crippen LogP contribution is -2.43. The van der Waals surface area contributed by atoms with Gasteiger partial charge >= 0.3 is 0 Å². The van der Waals surface area contributed by atoms with E-state index in [9.17, 15) is 0 Å². The van der Waals surface area contributed by atoms with E-state index in [1.54, 1.807) is 7.11 Å². The molecule has 4 nitrogen and oxygen atoms in total. The molecule has 1 aliphatic heterocycles. The molecule has 1 aliphatic rings. The molecule has 35 heavy (non-hydrogen) atoms. The minimum Gasteiger partial charge on any atom is -0.496 e. The van der Waals surface area contributed by atoms with Crippen molar-refractivity contribution in [1.29, 1.82) is 0 Å². The smallest absolute Gasteiger partial charge is 0.125 e. The van der Waals surface area contributed by atoms with Crippen LogP contribution in [0.1, 0.15) is 35.2 Å². The Hall–Kier alpha value is -2.79. The summed E-state index contributed by atoms with van der Waals surface area (Å²) in [7, 11) is 1.67. The van der Waals surface area contributed by atoms with Crippen LogP contribution < -0.4 is 4.74 Å². The Morgan fingerprint density at radius 3 is 2.09 bits per heavy atom. The van der Waals surface area contributed by atoms with Gasteiger partial charge in [-0.3, -0.25) is 9.58 Å². The molecule has 0 amide bonds. The maximum absolute atomic E-state index is 6.10. The molecular weight excluding hydrogens is 477 g/mol. The second kappa shape index (κ2) is 11.3. The minimum atomic E-state index is 0. The summed E-state index contributed by atoms with van der Waals surface area (Å²) in [6, 6.07) is 29.9. The van der Waals surface area contributed by atoms with Crippen molar-refractivity contribution in [3.63, 3.8) is 0 Å². The molecule has 0 atom stereocenters. The van der Waals surface area contributed by atoms with E-state index in [2.05, 4.69) is 71.6 Å². The van der Waals surface area contributed by atoms with Gasteiger partial charge in [-0.15, -0.1) is 12.4 Å². The van der Waals surface area contributed by atoms with Crippen LogP contribution in [0.25, 0.3) is 0 Å². The highest BCUT2D eigenvalue weighted by atomic mass is 35.5. The summed E-state index contributed by atoms with van der Waals surface area (Å²) in [4.78, 5) is 2.53. The fraction of sp³-hybridized carbons (Fsp3) is 0.276. The van der Waals surface area contributed by atoms with Gasteiger partial charge in [-0.25, -0.2) is 0 Å². The van der Waals surface area contributed by atoms with Crippen LogP contribution in [-0.2, 0) is 18.5 Å². The zero-order chi connectivity index (χ0) is 23.4. The van der Waals surface area contributed by atoms with Gasteiger partial charge < -0.3 is 4.74 Å². The van der Waals surface area contributed by atoms with Crippen LogP contribution in [0.2, 0.25) is 5.02 Å². The standard InChI is InChI=1S/C29H30ClN3O.ClH/c1-34-28-20-26(30)13-12-23(28)21-33-17-14-27(31-33)22-32-18-15-29(16-19-32,24-8-4-2-5-9-24)25-10-6-3-7-11-25;/h2-14,17,20H,15-16,18-19,21-22H2,1H3;1H. The molecule has 0 spiro atoms. The van der Waals surface area contributed by atoms with Crippen molar-refractivity contribution in [2.75, 3.05) is 20.2 Å². The van der Waals surface area contributed by atoms with Crippen molar-refractivity contribution < 1.29 is 4.74 Å². The molecule has 2 heterocycles. The van der Waals surface area contributed by atoms with Crippen molar-refractivity contribution in [2.24, 2.45) is 0 Å². The third kappa shape index (κ3) is 5.56. The number of benzene rings is 3. The quantitative estimate of drug-likeness (QED) is 0.282. The SMILES string of the molecule is COc1cc(Cl)ccc1Cn1ccc(CN2CCC(c3ccccc3)(c3ccccc3)CC2)n1.Cl. The highest BCUT2D eigenvalue weighted by Gasteiger charge is 2.37. The molecule has 0 saturated carbocycles. The number of piperidine rings is 1. The molecule has 0 aliphatic carbocycles. The first-order chi connectivity index (χ1) is 16.7. The third-order valence-corrected chi connectivity index (χ3v) is 7.26. The van der Waals surface area contributed by atoms with Crippen LogP contribution in [0, 0.1) is 0 Å². The van der Waals surface area contributed by atoms with Crippen LogP contribution in [0.5, 0.6) is 5.75 Å². The lowest BCUT2D eigenvalue weighted by molar-refractivity contribution is 0.170. The molecule has 0 unspecified atom stereocenters. The van der Waals surface area contributed by atoms with Gasteiger partial charge in [0.1, 0.15) is 5.75 Å². The van der Waals surface area contributed by atoms with E-state index in [0.29, 0.717) is 11.6 Å². The largest absolute Gasteiger partial charge is 0.496 e. The average molecular weight is 508 g/mol. The number of aromatic nitrogens is 2. The number of likely N-dealkylation sites (tertiary alicyclic amines) is 1. The predicted molar refractivity (Wildman–Crippen MR) is 145 cm³/mol. The van der Waals surface area contributed by atoms with Gasteiger partial charge in [0.05, 0.1) is 19.3 Å². The van der Waals surface area contributed by atoms with Gasteiger partial charge in [0, 0.05) is 28.7 Å². The lowest BCUT2D eigenvalue weighted by Gasteiger charge is -2.42. The Kier molecular flexibility index (Phi) is 8.17. The highest BCUT2D eigenvalue weighted by Crippen LogP contribution is 2.41. The van der Waals surface area contributed by atoms with Crippen LogP contribution in [-0.4, -0.2) is 34.9 Å². The molecular formula is C29H31Cl2N3O. The molecule has 4 aromatic rings. The van der Waals surface area contributed by atoms with Gasteiger partial charge in [-0.2, -0.15) is 5.10 Å². The number of ether oxygens (including phenoxy) is 1. The number of halogens is 2. The first-order valence-corrected chi connectivity index (χ1v) is 12.2. The summed E-state index contributed by atoms with van der Waals surface area (Å²) in [5.41, 5.74) is 5.07. The predicted octanol–water partition coefficient (Wildman–Crippen LogP) is 6.60. The second-order valence-corrected chi connectivity index (χ2v) is 9.49. The summed E-state index contributed by atoms with van der Waals surface area (Å²) in [5.74, 6) is 0.791. The number of nitrogens with zero attached hydrogens (tertiary/aromatic N) is 3. The molecule has 0 N–H and O–H groups in total. The normalized spacial score (nSPS) is 15.4. The number of hydrogen-bond acceptors (Lipinski definition) is 3. The fourth-order valence-electron chi connectivity index (χ4n) is 5.18. The fourth-order valence-corrected chi connectivity index (χ4v) is 5.34. The molecule has 0 bridgehead atoms. The highest BCUT2D eigenvalue weighted by molar-refractivity contribution is 6.30. The monoisotopic (exact) mass is 507 g/mol. The van der Waals surface area contributed by atoms with Crippen LogP contribution in [0.3, 0.4) is 0 Å². The number of hydrogen-bond donors (Lipinski definition) is 0. The summed E-state index contributed by atoms with van der Waals surface area (Å²) in [6.45, 7) is 3.61. The van der Waals surface area contributed by atoms with Gasteiger partial charge in [0.15, 0.2) is 0 Å². The van der Waals surface area contributed by atoms with E-state index in [0.717, 1.165) is 49.5 Å². The van der Waals surface area contributed by atoms with Crippen LogP contribution >= 0.6 is 24.0 Å². The summed E-state index contributed by atoms with van der Waals surface area (Å²) >= 11 is 6.10. The van der Waals surface area contributed by atoms with Crippen molar-refractivity contribution in [3.8, 4) is 5.75 Å². The Morgan fingerprint density at radius 1 is 0.857 bits per heavy atom. The van der Waals surface area contributed by atoms with E-state index in [4.69, 9.17) is 21.4 Å². The summed E-state index contributed by atoms with van der Waals surface area (Å²) < 4.78 is 7.46. The molecule has 1 fully saturated rings. The van der Waals surface area contributed by atoms with Gasteiger partial charge in [0.25, 0.3) is 0 Å². The Bertz CT molecular complexity index is 1180. The van der Waals surface area contributed by atoms with Crippen molar-refractivity contribution >= 4 is 24.0 Å². The molecule has 182 valence electrons. The third-order valence-electron chi connectivity index (χ3n) is 7.03. The van der Waals surface area contributed by atoms with E-state index in [1.165, 1.54) is 11.1 Å².